The van der Waals surface area contributed by atoms with Gasteiger partial charge in [0.05, 0.1) is 34.2 Å². The van der Waals surface area contributed by atoms with Crippen LogP contribution < -0.4 is 0 Å². The maximum atomic E-state index is 14.0. The Morgan fingerprint density at radius 2 is 1.76 bits per heavy atom. The molecule has 29 heavy (non-hydrogen) atoms. The summed E-state index contributed by atoms with van der Waals surface area (Å²) in [5.41, 5.74) is 0.552. The van der Waals surface area contributed by atoms with E-state index in [4.69, 9.17) is 0 Å². The van der Waals surface area contributed by atoms with Crippen LogP contribution in [0.2, 0.25) is 0 Å². The van der Waals surface area contributed by atoms with Crippen LogP contribution in [0.4, 0.5) is 17.6 Å². The predicted octanol–water partition coefficient (Wildman–Crippen LogP) is 5.10. The van der Waals surface area contributed by atoms with Crippen molar-refractivity contribution in [1.82, 2.24) is 24.5 Å². The molecule has 0 saturated heterocycles. The lowest BCUT2D eigenvalue weighted by Gasteiger charge is -2.12. The second kappa shape index (κ2) is 6.68. The summed E-state index contributed by atoms with van der Waals surface area (Å²) < 4.78 is 58.2. The zero-order valence-corrected chi connectivity index (χ0v) is 15.9. The lowest BCUT2D eigenvalue weighted by Crippen LogP contribution is -2.08. The van der Waals surface area contributed by atoms with Gasteiger partial charge in [0.25, 0.3) is 0 Å². The summed E-state index contributed by atoms with van der Waals surface area (Å²) in [5.74, 6) is -0.722. The number of halogens is 4. The first-order valence-electron chi connectivity index (χ1n) is 8.91. The Morgan fingerprint density at radius 1 is 1.07 bits per heavy atom. The molecule has 4 aromatic rings. The largest absolute Gasteiger partial charge is 0.417 e. The standard InChI is InChI=1S/C20H17F4N5/c1-11(2)18-17-15(20(22,23)24)8-16(12-9-25-28(3)10-12)26-19(17)29(27-18)14-6-4-13(21)5-7-14/h4-11H,1-3H3. The van der Waals surface area contributed by atoms with Crippen molar-refractivity contribution >= 4 is 11.0 Å². The van der Waals surface area contributed by atoms with Crippen molar-refractivity contribution in [2.75, 3.05) is 0 Å². The van der Waals surface area contributed by atoms with Gasteiger partial charge in [-0.05, 0) is 36.2 Å². The third-order valence-electron chi connectivity index (χ3n) is 4.59. The number of benzene rings is 1. The molecule has 3 heterocycles. The van der Waals surface area contributed by atoms with Crippen molar-refractivity contribution < 1.29 is 17.6 Å². The van der Waals surface area contributed by atoms with E-state index < -0.39 is 17.6 Å². The zero-order chi connectivity index (χ0) is 20.9. The molecular weight excluding hydrogens is 386 g/mol. The van der Waals surface area contributed by atoms with E-state index in [0.29, 0.717) is 11.3 Å². The normalized spacial score (nSPS) is 12.3. The quantitative estimate of drug-likeness (QED) is 0.447. The number of hydrogen-bond donors (Lipinski definition) is 0. The minimum atomic E-state index is -4.60. The minimum absolute atomic E-state index is 0.0514. The van der Waals surface area contributed by atoms with Gasteiger partial charge < -0.3 is 0 Å². The van der Waals surface area contributed by atoms with Gasteiger partial charge in [0.2, 0.25) is 0 Å². The van der Waals surface area contributed by atoms with E-state index in [-0.39, 0.29) is 28.3 Å². The van der Waals surface area contributed by atoms with Crippen LogP contribution in [0.5, 0.6) is 0 Å². The van der Waals surface area contributed by atoms with E-state index >= 15 is 0 Å². The molecule has 150 valence electrons. The van der Waals surface area contributed by atoms with Gasteiger partial charge in [0.15, 0.2) is 5.65 Å². The SMILES string of the molecule is CC(C)c1nn(-c2ccc(F)cc2)c2nc(-c3cnn(C)c3)cc(C(F)(F)F)c12. The Hall–Kier alpha value is -3.23. The Labute approximate surface area is 163 Å². The average molecular weight is 403 g/mol. The van der Waals surface area contributed by atoms with Gasteiger partial charge in [0.1, 0.15) is 5.82 Å². The fourth-order valence-corrected chi connectivity index (χ4v) is 3.23. The molecule has 0 unspecified atom stereocenters. The highest BCUT2D eigenvalue weighted by molar-refractivity contribution is 5.87. The Balaban J connectivity index is 2.10. The first kappa shape index (κ1) is 19.1. The molecule has 9 heteroatoms. The maximum Gasteiger partial charge on any atom is 0.417 e. The van der Waals surface area contributed by atoms with Crippen molar-refractivity contribution in [1.29, 1.82) is 0 Å². The van der Waals surface area contributed by atoms with E-state index in [1.807, 2.05) is 0 Å². The van der Waals surface area contributed by atoms with Crippen LogP contribution in [0.25, 0.3) is 28.0 Å². The molecule has 0 fully saturated rings. The van der Waals surface area contributed by atoms with Gasteiger partial charge in [-0.2, -0.15) is 23.4 Å². The lowest BCUT2D eigenvalue weighted by molar-refractivity contribution is -0.136. The fourth-order valence-electron chi connectivity index (χ4n) is 3.23. The number of aryl methyl sites for hydroxylation is 1. The molecule has 1 aromatic carbocycles. The lowest BCUT2D eigenvalue weighted by atomic mass is 10.0. The van der Waals surface area contributed by atoms with Crippen molar-refractivity contribution in [3.8, 4) is 16.9 Å². The second-order valence-corrected chi connectivity index (χ2v) is 7.08. The van der Waals surface area contributed by atoms with Gasteiger partial charge in [-0.1, -0.05) is 13.8 Å². The van der Waals surface area contributed by atoms with Crippen molar-refractivity contribution in [3.63, 3.8) is 0 Å². The number of alkyl halides is 3. The highest BCUT2D eigenvalue weighted by Crippen LogP contribution is 2.40. The highest BCUT2D eigenvalue weighted by atomic mass is 19.4. The maximum absolute atomic E-state index is 14.0. The number of aromatic nitrogens is 5. The Morgan fingerprint density at radius 3 is 2.31 bits per heavy atom. The van der Waals surface area contributed by atoms with E-state index in [1.165, 1.54) is 39.8 Å². The molecule has 0 aliphatic carbocycles. The highest BCUT2D eigenvalue weighted by Gasteiger charge is 2.37. The molecule has 0 radical (unpaired) electrons. The summed E-state index contributed by atoms with van der Waals surface area (Å²) in [5, 5.41) is 8.38. The monoisotopic (exact) mass is 403 g/mol. The summed E-state index contributed by atoms with van der Waals surface area (Å²) in [6.07, 6.45) is -1.55. The van der Waals surface area contributed by atoms with Gasteiger partial charge in [-0.25, -0.2) is 14.1 Å². The number of nitrogens with zero attached hydrogens (tertiary/aromatic N) is 5. The fraction of sp³-hybridized carbons (Fsp3) is 0.250. The molecule has 0 amide bonds. The topological polar surface area (TPSA) is 48.5 Å². The van der Waals surface area contributed by atoms with Crippen molar-refractivity contribution in [2.24, 2.45) is 7.05 Å². The van der Waals surface area contributed by atoms with Crippen molar-refractivity contribution in [2.45, 2.75) is 25.9 Å². The molecular formula is C20H17F4N5. The number of rotatable bonds is 3. The molecule has 4 rings (SSSR count). The van der Waals surface area contributed by atoms with Crippen molar-refractivity contribution in [3.05, 3.63) is 59.8 Å². The average Bonchev–Trinajstić information content (AvgIpc) is 3.24. The first-order chi connectivity index (χ1) is 13.6. The van der Waals surface area contributed by atoms with E-state index in [2.05, 4.69) is 15.2 Å². The Bertz CT molecular complexity index is 1190. The molecule has 0 atom stereocenters. The third-order valence-corrected chi connectivity index (χ3v) is 4.59. The molecule has 0 aliphatic heterocycles. The molecule has 0 bridgehead atoms. The summed E-state index contributed by atoms with van der Waals surface area (Å²) in [7, 11) is 1.67. The summed E-state index contributed by atoms with van der Waals surface area (Å²) in [6.45, 7) is 3.54. The van der Waals surface area contributed by atoms with Crippen LogP contribution in [0.15, 0.2) is 42.7 Å². The molecule has 0 aliphatic rings. The van der Waals surface area contributed by atoms with Gasteiger partial charge in [0, 0.05) is 18.8 Å². The van der Waals surface area contributed by atoms with Gasteiger partial charge in [-0.3, -0.25) is 4.68 Å². The van der Waals surface area contributed by atoms with Crippen LogP contribution in [0, 0.1) is 5.82 Å². The van der Waals surface area contributed by atoms with Crippen LogP contribution in [0.1, 0.15) is 31.0 Å². The molecule has 3 aromatic heterocycles. The number of pyridine rings is 1. The summed E-state index contributed by atoms with van der Waals surface area (Å²) in [4.78, 5) is 4.49. The van der Waals surface area contributed by atoms with Crippen LogP contribution >= 0.6 is 0 Å². The van der Waals surface area contributed by atoms with Crippen LogP contribution in [-0.4, -0.2) is 24.5 Å². The zero-order valence-electron chi connectivity index (χ0n) is 15.9. The second-order valence-electron chi connectivity index (χ2n) is 7.08. The minimum Gasteiger partial charge on any atom is -0.275 e. The molecule has 0 spiro atoms. The van der Waals surface area contributed by atoms with Crippen LogP contribution in [0.3, 0.4) is 0 Å². The molecule has 0 saturated carbocycles. The van der Waals surface area contributed by atoms with E-state index in [9.17, 15) is 17.6 Å². The predicted molar refractivity (Wildman–Crippen MR) is 100 cm³/mol. The molecule has 0 N–H and O–H groups in total. The number of hydrogen-bond acceptors (Lipinski definition) is 3. The van der Waals surface area contributed by atoms with E-state index in [0.717, 1.165) is 6.07 Å². The van der Waals surface area contributed by atoms with Crippen LogP contribution in [-0.2, 0) is 13.2 Å². The summed E-state index contributed by atoms with van der Waals surface area (Å²) in [6, 6.07) is 6.40. The third kappa shape index (κ3) is 3.37. The number of fused-ring (bicyclic) bond motifs is 1. The first-order valence-corrected chi connectivity index (χ1v) is 8.91. The van der Waals surface area contributed by atoms with Gasteiger partial charge >= 0.3 is 6.18 Å². The molecule has 5 nitrogen and oxygen atoms in total. The van der Waals surface area contributed by atoms with E-state index in [1.54, 1.807) is 27.1 Å². The summed E-state index contributed by atoms with van der Waals surface area (Å²) >= 11 is 0. The smallest absolute Gasteiger partial charge is 0.275 e. The van der Waals surface area contributed by atoms with Gasteiger partial charge in [-0.15, -0.1) is 0 Å². The Kier molecular flexibility index (Phi) is 4.40.